The van der Waals surface area contributed by atoms with Crippen molar-refractivity contribution in [3.05, 3.63) is 46.2 Å². The van der Waals surface area contributed by atoms with Gasteiger partial charge in [0.05, 0.1) is 6.54 Å². The van der Waals surface area contributed by atoms with Crippen molar-refractivity contribution in [1.29, 1.82) is 0 Å². The number of amides is 1. The number of benzene rings is 1. The zero-order valence-corrected chi connectivity index (χ0v) is 15.6. The Balaban J connectivity index is 1.42. The number of para-hydroxylation sites is 1. The highest BCUT2D eigenvalue weighted by Gasteiger charge is 2.32. The summed E-state index contributed by atoms with van der Waals surface area (Å²) in [6.07, 6.45) is 0.786. The Morgan fingerprint density at radius 3 is 2.85 bits per heavy atom. The van der Waals surface area contributed by atoms with Crippen LogP contribution in [-0.2, 0) is 27.3 Å². The van der Waals surface area contributed by atoms with Crippen molar-refractivity contribution in [3.63, 3.8) is 0 Å². The Kier molecular flexibility index (Phi) is 5.46. The van der Waals surface area contributed by atoms with Gasteiger partial charge < -0.3 is 19.5 Å². The molecule has 1 amide bonds. The normalized spacial score (nSPS) is 14.2. The van der Waals surface area contributed by atoms with Gasteiger partial charge in [0.25, 0.3) is 5.91 Å². The maximum Gasteiger partial charge on any atom is 0.344 e. The van der Waals surface area contributed by atoms with Gasteiger partial charge in [-0.25, -0.2) is 4.79 Å². The molecule has 1 aromatic carbocycles. The Morgan fingerprint density at radius 2 is 2.08 bits per heavy atom. The second kappa shape index (κ2) is 7.78. The molecule has 0 aliphatic carbocycles. The summed E-state index contributed by atoms with van der Waals surface area (Å²) in [6.45, 7) is 3.82. The van der Waals surface area contributed by atoms with E-state index < -0.39 is 5.97 Å². The smallest absolute Gasteiger partial charge is 0.344 e. The van der Waals surface area contributed by atoms with Gasteiger partial charge in [-0.3, -0.25) is 4.79 Å². The molecule has 0 radical (unpaired) electrons. The summed E-state index contributed by atoms with van der Waals surface area (Å²) in [5.41, 5.74) is 0.761. The van der Waals surface area contributed by atoms with E-state index in [-0.39, 0.29) is 24.7 Å². The zero-order valence-electron chi connectivity index (χ0n) is 14.7. The summed E-state index contributed by atoms with van der Waals surface area (Å²) in [5.74, 6) is 0.217. The van der Waals surface area contributed by atoms with Crippen LogP contribution in [0.5, 0.6) is 11.5 Å². The van der Waals surface area contributed by atoms with Crippen molar-refractivity contribution in [3.8, 4) is 11.5 Å². The number of fused-ring (bicyclic) bond motifs is 1. The van der Waals surface area contributed by atoms with E-state index in [4.69, 9.17) is 14.2 Å². The number of ether oxygens (including phenoxy) is 3. The molecule has 0 bridgehead atoms. The summed E-state index contributed by atoms with van der Waals surface area (Å²) in [6, 6.07) is 9.43. The van der Waals surface area contributed by atoms with Crippen LogP contribution in [-0.4, -0.2) is 30.7 Å². The SMILES string of the molecule is CC1(C)Cc2cccc(OCC(=O)OCC(=O)NCc3cccs3)c2O1. The molecule has 2 heterocycles. The number of nitrogens with one attached hydrogen (secondary N) is 1. The van der Waals surface area contributed by atoms with E-state index in [1.807, 2.05) is 43.5 Å². The van der Waals surface area contributed by atoms with Gasteiger partial charge in [0.2, 0.25) is 0 Å². The minimum Gasteiger partial charge on any atom is -0.483 e. The molecule has 2 aromatic rings. The van der Waals surface area contributed by atoms with Crippen LogP contribution in [0.2, 0.25) is 0 Å². The molecule has 3 rings (SSSR count). The van der Waals surface area contributed by atoms with Gasteiger partial charge in [-0.2, -0.15) is 0 Å². The standard InChI is InChI=1S/C19H21NO5S/c1-19(2)9-13-5-3-7-15(18(13)25-19)23-12-17(22)24-11-16(21)20-10-14-6-4-8-26-14/h3-8H,9-12H2,1-2H3,(H,20,21). The number of rotatable bonds is 7. The number of esters is 1. The molecule has 0 saturated heterocycles. The first-order chi connectivity index (χ1) is 12.4. The molecule has 1 aliphatic rings. The van der Waals surface area contributed by atoms with Crippen LogP contribution >= 0.6 is 11.3 Å². The van der Waals surface area contributed by atoms with E-state index >= 15 is 0 Å². The van der Waals surface area contributed by atoms with Crippen LogP contribution in [0, 0.1) is 0 Å². The van der Waals surface area contributed by atoms with Crippen LogP contribution in [0.15, 0.2) is 35.7 Å². The van der Waals surface area contributed by atoms with Crippen LogP contribution in [0.3, 0.4) is 0 Å². The highest BCUT2D eigenvalue weighted by molar-refractivity contribution is 7.09. The van der Waals surface area contributed by atoms with Gasteiger partial charge in [-0.15, -0.1) is 11.3 Å². The third-order valence-electron chi connectivity index (χ3n) is 3.80. The minimum atomic E-state index is -0.605. The molecule has 26 heavy (non-hydrogen) atoms. The highest BCUT2D eigenvalue weighted by atomic mass is 32.1. The first kappa shape index (κ1) is 18.3. The number of thiophene rings is 1. The maximum absolute atomic E-state index is 11.8. The molecule has 0 saturated carbocycles. The minimum absolute atomic E-state index is 0.279. The van der Waals surface area contributed by atoms with Crippen molar-refractivity contribution in [2.75, 3.05) is 13.2 Å². The number of carbonyl (C=O) groups excluding carboxylic acids is 2. The van der Waals surface area contributed by atoms with Crippen molar-refractivity contribution in [2.24, 2.45) is 0 Å². The van der Waals surface area contributed by atoms with E-state index in [9.17, 15) is 9.59 Å². The predicted octanol–water partition coefficient (Wildman–Crippen LogP) is 2.70. The third-order valence-corrected chi connectivity index (χ3v) is 4.68. The lowest BCUT2D eigenvalue weighted by molar-refractivity contribution is -0.150. The Morgan fingerprint density at radius 1 is 1.23 bits per heavy atom. The second-order valence-electron chi connectivity index (χ2n) is 6.59. The first-order valence-corrected chi connectivity index (χ1v) is 9.19. The molecule has 138 valence electrons. The molecule has 0 spiro atoms. The fourth-order valence-electron chi connectivity index (χ4n) is 2.68. The number of hydrogen-bond acceptors (Lipinski definition) is 6. The number of carbonyl (C=O) groups is 2. The molecule has 1 N–H and O–H groups in total. The zero-order chi connectivity index (χ0) is 18.6. The van der Waals surface area contributed by atoms with Crippen molar-refractivity contribution in [1.82, 2.24) is 5.32 Å². The largest absolute Gasteiger partial charge is 0.483 e. The average molecular weight is 375 g/mol. The molecule has 6 nitrogen and oxygen atoms in total. The summed E-state index contributed by atoms with van der Waals surface area (Å²) < 4.78 is 16.4. The van der Waals surface area contributed by atoms with Gasteiger partial charge in [-0.1, -0.05) is 18.2 Å². The topological polar surface area (TPSA) is 73.9 Å². The fourth-order valence-corrected chi connectivity index (χ4v) is 3.32. The Bertz CT molecular complexity index is 785. The lowest BCUT2D eigenvalue weighted by Gasteiger charge is -2.18. The van der Waals surface area contributed by atoms with E-state index in [0.29, 0.717) is 18.0 Å². The van der Waals surface area contributed by atoms with Crippen LogP contribution in [0.25, 0.3) is 0 Å². The monoisotopic (exact) mass is 375 g/mol. The van der Waals surface area contributed by atoms with Crippen molar-refractivity contribution < 1.29 is 23.8 Å². The Labute approximate surface area is 156 Å². The van der Waals surface area contributed by atoms with Gasteiger partial charge in [-0.05, 0) is 31.4 Å². The Hall–Kier alpha value is -2.54. The maximum atomic E-state index is 11.8. The fraction of sp³-hybridized carbons (Fsp3) is 0.368. The quantitative estimate of drug-likeness (QED) is 0.753. The molecular formula is C19H21NO5S. The highest BCUT2D eigenvalue weighted by Crippen LogP contribution is 2.41. The first-order valence-electron chi connectivity index (χ1n) is 8.31. The average Bonchev–Trinajstić information content (AvgIpc) is 3.22. The molecule has 0 atom stereocenters. The molecule has 7 heteroatoms. The molecule has 1 aromatic heterocycles. The lowest BCUT2D eigenvalue weighted by Crippen LogP contribution is -2.29. The van der Waals surface area contributed by atoms with Crippen LogP contribution < -0.4 is 14.8 Å². The van der Waals surface area contributed by atoms with Crippen LogP contribution in [0.4, 0.5) is 0 Å². The van der Waals surface area contributed by atoms with Gasteiger partial charge in [0, 0.05) is 16.9 Å². The van der Waals surface area contributed by atoms with E-state index in [1.54, 1.807) is 17.4 Å². The van der Waals surface area contributed by atoms with Gasteiger partial charge >= 0.3 is 5.97 Å². The van der Waals surface area contributed by atoms with E-state index in [2.05, 4.69) is 5.32 Å². The third kappa shape index (κ3) is 4.76. The van der Waals surface area contributed by atoms with Crippen molar-refractivity contribution in [2.45, 2.75) is 32.4 Å². The summed E-state index contributed by atoms with van der Waals surface area (Å²) in [4.78, 5) is 24.5. The predicted molar refractivity (Wildman–Crippen MR) is 97.5 cm³/mol. The molecular weight excluding hydrogens is 354 g/mol. The van der Waals surface area contributed by atoms with Gasteiger partial charge in [0.1, 0.15) is 5.60 Å². The van der Waals surface area contributed by atoms with Crippen molar-refractivity contribution >= 4 is 23.2 Å². The molecule has 0 unspecified atom stereocenters. The van der Waals surface area contributed by atoms with Crippen LogP contribution in [0.1, 0.15) is 24.3 Å². The molecule has 0 fully saturated rings. The second-order valence-corrected chi connectivity index (χ2v) is 7.62. The molecule has 1 aliphatic heterocycles. The summed E-state index contributed by atoms with van der Waals surface area (Å²) in [5, 5.41) is 4.63. The lowest BCUT2D eigenvalue weighted by atomic mass is 10.0. The van der Waals surface area contributed by atoms with E-state index in [0.717, 1.165) is 16.9 Å². The van der Waals surface area contributed by atoms with Gasteiger partial charge in [0.15, 0.2) is 24.7 Å². The summed E-state index contributed by atoms with van der Waals surface area (Å²) >= 11 is 1.55. The van der Waals surface area contributed by atoms with E-state index in [1.165, 1.54) is 0 Å². The summed E-state index contributed by atoms with van der Waals surface area (Å²) in [7, 11) is 0. The number of hydrogen-bond donors (Lipinski definition) is 1.